The fourth-order valence-electron chi connectivity index (χ4n) is 1.97. The number of carbonyl (C=O) groups excluding carboxylic acids is 2. The van der Waals surface area contributed by atoms with Crippen molar-refractivity contribution in [2.75, 3.05) is 0 Å². The van der Waals surface area contributed by atoms with E-state index in [2.05, 4.69) is 36.4 Å². The van der Waals surface area contributed by atoms with Crippen molar-refractivity contribution >= 4 is 34.5 Å². The fourth-order valence-corrected chi connectivity index (χ4v) is 2.54. The van der Waals surface area contributed by atoms with Crippen LogP contribution < -0.4 is 120 Å². The third-order valence-electron chi connectivity index (χ3n) is 3.27. The molecule has 0 radical (unpaired) electrons. The molecule has 0 spiro atoms. The SMILES string of the molecule is CCCCCCCC(=O)OC(=O)C(I)CCCCCC.[Br-].[H-].[K+].[K+]. The maximum atomic E-state index is 11.7. The molecule has 0 fully saturated rings. The third-order valence-corrected chi connectivity index (χ3v) is 4.40. The van der Waals surface area contributed by atoms with Gasteiger partial charge in [0.25, 0.3) is 0 Å². The second-order valence-corrected chi connectivity index (χ2v) is 6.78. The van der Waals surface area contributed by atoms with Crippen LogP contribution in [0.1, 0.15) is 85.9 Å². The average molecular weight is 555 g/mol. The fraction of sp³-hybridized carbons (Fsp3) is 0.875. The Hall–Kier alpha value is 3.62. The number of alkyl halides is 1. The predicted molar refractivity (Wildman–Crippen MR) is 92.2 cm³/mol. The molecule has 0 aliphatic rings. The van der Waals surface area contributed by atoms with E-state index >= 15 is 0 Å². The topological polar surface area (TPSA) is 43.4 Å². The zero-order chi connectivity index (χ0) is 15.2. The van der Waals surface area contributed by atoms with Crippen LogP contribution in [-0.4, -0.2) is 15.9 Å². The molecule has 0 saturated heterocycles. The number of rotatable bonds is 12. The zero-order valence-electron chi connectivity index (χ0n) is 16.3. The monoisotopic (exact) mass is 554 g/mol. The van der Waals surface area contributed by atoms with Crippen LogP contribution in [0.5, 0.6) is 0 Å². The van der Waals surface area contributed by atoms with Crippen LogP contribution in [0.2, 0.25) is 0 Å². The molecule has 0 aliphatic carbocycles. The van der Waals surface area contributed by atoms with Crippen LogP contribution in [0.3, 0.4) is 0 Å². The molecule has 0 saturated carbocycles. The summed E-state index contributed by atoms with van der Waals surface area (Å²) in [5, 5.41) is 0. The minimum absolute atomic E-state index is 0. The van der Waals surface area contributed by atoms with Crippen LogP contribution in [0.15, 0.2) is 0 Å². The molecule has 0 heterocycles. The van der Waals surface area contributed by atoms with Gasteiger partial charge in [-0.1, -0.05) is 87.8 Å². The van der Waals surface area contributed by atoms with Crippen molar-refractivity contribution in [2.24, 2.45) is 0 Å². The van der Waals surface area contributed by atoms with E-state index in [0.717, 1.165) is 38.5 Å². The molecule has 0 rings (SSSR count). The molecular formula is C16H30BrIK2O3. The molecule has 7 heteroatoms. The molecule has 128 valence electrons. The minimum atomic E-state index is -0.361. The molecule has 0 aromatic heterocycles. The van der Waals surface area contributed by atoms with Gasteiger partial charge in [-0.3, -0.25) is 9.59 Å². The van der Waals surface area contributed by atoms with Gasteiger partial charge in [0, 0.05) is 6.42 Å². The summed E-state index contributed by atoms with van der Waals surface area (Å²) in [5.74, 6) is -0.720. The minimum Gasteiger partial charge on any atom is -1.00 e. The molecule has 0 aromatic carbocycles. The molecule has 3 nitrogen and oxygen atoms in total. The molecule has 1 unspecified atom stereocenters. The van der Waals surface area contributed by atoms with E-state index in [-0.39, 0.29) is 137 Å². The van der Waals surface area contributed by atoms with Crippen LogP contribution in [0.4, 0.5) is 0 Å². The van der Waals surface area contributed by atoms with E-state index in [4.69, 9.17) is 4.74 Å². The Morgan fingerprint density at radius 2 is 1.39 bits per heavy atom. The average Bonchev–Trinajstić information content (AvgIpc) is 2.43. The second kappa shape index (κ2) is 25.6. The normalized spacial score (nSPS) is 10.6. The summed E-state index contributed by atoms with van der Waals surface area (Å²) in [5.41, 5.74) is 0. The van der Waals surface area contributed by atoms with Gasteiger partial charge >= 0.3 is 115 Å². The first-order valence-corrected chi connectivity index (χ1v) is 9.25. The number of hydrogen-bond acceptors (Lipinski definition) is 3. The Balaban J connectivity index is -0.000000301. The third kappa shape index (κ3) is 23.6. The first-order valence-electron chi connectivity index (χ1n) is 8.00. The van der Waals surface area contributed by atoms with Gasteiger partial charge in [-0.25, -0.2) is 0 Å². The summed E-state index contributed by atoms with van der Waals surface area (Å²) in [4.78, 5) is 23.2. The van der Waals surface area contributed by atoms with Crippen LogP contribution in [0, 0.1) is 0 Å². The van der Waals surface area contributed by atoms with Gasteiger partial charge in [0.1, 0.15) is 3.92 Å². The largest absolute Gasteiger partial charge is 1.00 e. The maximum Gasteiger partial charge on any atom is 1.00 e. The first-order chi connectivity index (χ1) is 9.61. The van der Waals surface area contributed by atoms with Crippen molar-refractivity contribution in [1.82, 2.24) is 0 Å². The van der Waals surface area contributed by atoms with Crippen LogP contribution >= 0.6 is 22.6 Å². The molecule has 0 amide bonds. The molecule has 0 aliphatic heterocycles. The smallest absolute Gasteiger partial charge is 1.00 e. The van der Waals surface area contributed by atoms with E-state index in [0.29, 0.717) is 6.42 Å². The Bertz CT molecular complexity index is 288. The molecular weight excluding hydrogens is 525 g/mol. The number of esters is 2. The molecule has 0 N–H and O–H groups in total. The molecule has 0 aromatic rings. The summed E-state index contributed by atoms with van der Waals surface area (Å²) in [6.07, 6.45) is 11.2. The number of unbranched alkanes of at least 4 members (excludes halogenated alkanes) is 7. The molecule has 0 bridgehead atoms. The second-order valence-electron chi connectivity index (χ2n) is 5.27. The van der Waals surface area contributed by atoms with E-state index in [9.17, 15) is 9.59 Å². The number of hydrogen-bond donors (Lipinski definition) is 0. The first kappa shape index (κ1) is 34.2. The van der Waals surface area contributed by atoms with Gasteiger partial charge < -0.3 is 23.1 Å². The van der Waals surface area contributed by atoms with Crippen LogP contribution in [-0.2, 0) is 14.3 Å². The zero-order valence-corrected chi connectivity index (χ0v) is 25.3. The van der Waals surface area contributed by atoms with Gasteiger partial charge in [0.15, 0.2) is 0 Å². The Morgan fingerprint density at radius 3 is 1.91 bits per heavy atom. The van der Waals surface area contributed by atoms with Crippen molar-refractivity contribution in [2.45, 2.75) is 88.4 Å². The summed E-state index contributed by atoms with van der Waals surface area (Å²) in [6.45, 7) is 4.32. The van der Waals surface area contributed by atoms with Gasteiger partial charge in [-0.05, 0) is 12.8 Å². The van der Waals surface area contributed by atoms with Crippen molar-refractivity contribution in [3.63, 3.8) is 0 Å². The number of ether oxygens (including phenoxy) is 1. The summed E-state index contributed by atoms with van der Waals surface area (Å²) >= 11 is 2.08. The Kier molecular flexibility index (Phi) is 38.0. The van der Waals surface area contributed by atoms with Gasteiger partial charge in [-0.15, -0.1) is 0 Å². The van der Waals surface area contributed by atoms with Gasteiger partial charge in [-0.2, -0.15) is 0 Å². The van der Waals surface area contributed by atoms with Crippen molar-refractivity contribution in [3.05, 3.63) is 0 Å². The van der Waals surface area contributed by atoms with Gasteiger partial charge in [0.05, 0.1) is 0 Å². The van der Waals surface area contributed by atoms with Gasteiger partial charge in [0.2, 0.25) is 0 Å². The van der Waals surface area contributed by atoms with E-state index in [1.807, 2.05) is 0 Å². The van der Waals surface area contributed by atoms with Crippen LogP contribution in [0.25, 0.3) is 0 Å². The number of carbonyl (C=O) groups is 2. The quantitative estimate of drug-likeness (QED) is 0.0623. The Labute approximate surface area is 253 Å². The summed E-state index contributed by atoms with van der Waals surface area (Å²) in [6, 6.07) is 0. The summed E-state index contributed by atoms with van der Waals surface area (Å²) < 4.78 is 4.70. The Morgan fingerprint density at radius 1 is 0.913 bits per heavy atom. The van der Waals surface area contributed by atoms with Crippen molar-refractivity contribution in [1.29, 1.82) is 0 Å². The van der Waals surface area contributed by atoms with E-state index in [1.165, 1.54) is 25.7 Å². The maximum absolute atomic E-state index is 11.7. The van der Waals surface area contributed by atoms with Crippen molar-refractivity contribution in [3.8, 4) is 0 Å². The molecule has 23 heavy (non-hydrogen) atoms. The van der Waals surface area contributed by atoms with E-state index in [1.54, 1.807) is 0 Å². The molecule has 1 atom stereocenters. The summed E-state index contributed by atoms with van der Waals surface area (Å²) in [7, 11) is 0. The van der Waals surface area contributed by atoms with Crippen molar-refractivity contribution < 1.29 is 136 Å². The van der Waals surface area contributed by atoms with E-state index < -0.39 is 0 Å². The predicted octanol–water partition coefficient (Wildman–Crippen LogP) is -3.68. The standard InChI is InChI=1S/C16H29IO3.BrH.2K.H/c1-3-5-7-9-11-13-15(18)20-16(19)14(17)12-10-8-6-4-2;;;;/h14H,3-13H2,1-2H3;1H;;;/q;;2*+1;-1/p-1. The number of halogens is 2.